The first kappa shape index (κ1) is 8.88. The predicted molar refractivity (Wildman–Crippen MR) is 51.3 cm³/mol. The fourth-order valence-electron chi connectivity index (χ4n) is 1.71. The van der Waals surface area contributed by atoms with E-state index in [-0.39, 0.29) is 18.0 Å². The average Bonchev–Trinajstić information content (AvgIpc) is 2.44. The van der Waals surface area contributed by atoms with E-state index in [1.54, 1.807) is 0 Å². The number of ketones is 1. The zero-order chi connectivity index (χ0) is 9.59. The highest BCUT2D eigenvalue weighted by Crippen LogP contribution is 2.30. The van der Waals surface area contributed by atoms with Crippen molar-refractivity contribution in [1.82, 2.24) is 0 Å². The highest BCUT2D eigenvalue weighted by atomic mass is 79.9. The van der Waals surface area contributed by atoms with Crippen molar-refractivity contribution < 1.29 is 9.18 Å². The van der Waals surface area contributed by atoms with E-state index in [0.29, 0.717) is 12.0 Å². The molecule has 2 rings (SSSR count). The van der Waals surface area contributed by atoms with Crippen LogP contribution in [0.15, 0.2) is 10.5 Å². The van der Waals surface area contributed by atoms with E-state index in [9.17, 15) is 9.18 Å². The van der Waals surface area contributed by atoms with Crippen molar-refractivity contribution in [1.29, 1.82) is 0 Å². The van der Waals surface area contributed by atoms with Gasteiger partial charge in [0.15, 0.2) is 0 Å². The van der Waals surface area contributed by atoms with E-state index in [4.69, 9.17) is 0 Å². The molecule has 1 nitrogen and oxygen atoms in total. The minimum absolute atomic E-state index is 0.107. The second kappa shape index (κ2) is 2.91. The molecule has 0 spiro atoms. The van der Waals surface area contributed by atoms with Crippen LogP contribution in [0.2, 0.25) is 0 Å². The Morgan fingerprint density at radius 1 is 1.38 bits per heavy atom. The van der Waals surface area contributed by atoms with Gasteiger partial charge in [-0.2, -0.15) is 0 Å². The van der Waals surface area contributed by atoms with E-state index in [1.807, 2.05) is 6.92 Å². The minimum atomic E-state index is -0.265. The fraction of sp³-hybridized carbons (Fsp3) is 0.300. The molecule has 0 amide bonds. The van der Waals surface area contributed by atoms with Crippen LogP contribution in [0.1, 0.15) is 16.7 Å². The van der Waals surface area contributed by atoms with Crippen LogP contribution in [0.3, 0.4) is 0 Å². The first-order valence-electron chi connectivity index (χ1n) is 4.07. The number of rotatable bonds is 0. The van der Waals surface area contributed by atoms with Crippen molar-refractivity contribution >= 4 is 21.7 Å². The van der Waals surface area contributed by atoms with E-state index < -0.39 is 0 Å². The summed E-state index contributed by atoms with van der Waals surface area (Å²) < 4.78 is 14.1. The number of hydrogen-bond acceptors (Lipinski definition) is 1. The van der Waals surface area contributed by atoms with Crippen molar-refractivity contribution in [3.63, 3.8) is 0 Å². The van der Waals surface area contributed by atoms with Gasteiger partial charge >= 0.3 is 0 Å². The SMILES string of the molecule is Cc1c(Br)cc(F)c2c1CC(=O)C2. The molecule has 0 aliphatic heterocycles. The molecule has 0 atom stereocenters. The molecule has 13 heavy (non-hydrogen) atoms. The molecule has 1 aromatic carbocycles. The Bertz CT molecular complexity index is 398. The monoisotopic (exact) mass is 242 g/mol. The molecular formula is C10H8BrFO. The van der Waals surface area contributed by atoms with E-state index in [0.717, 1.165) is 15.6 Å². The molecule has 1 aliphatic rings. The van der Waals surface area contributed by atoms with E-state index in [2.05, 4.69) is 15.9 Å². The van der Waals surface area contributed by atoms with Crippen molar-refractivity contribution in [2.24, 2.45) is 0 Å². The third kappa shape index (κ3) is 1.31. The van der Waals surface area contributed by atoms with E-state index in [1.165, 1.54) is 6.07 Å². The maximum atomic E-state index is 13.3. The van der Waals surface area contributed by atoms with Gasteiger partial charge in [0.2, 0.25) is 0 Å². The summed E-state index contributed by atoms with van der Waals surface area (Å²) in [6.07, 6.45) is 0.646. The number of carbonyl (C=O) groups is 1. The standard InChI is InChI=1S/C10H8BrFO/c1-5-7-2-6(13)3-8(7)10(12)4-9(5)11/h4H,2-3H2,1H3. The zero-order valence-electron chi connectivity index (χ0n) is 7.16. The predicted octanol–water partition coefficient (Wildman–Crippen LogP) is 2.56. The lowest BCUT2D eigenvalue weighted by atomic mass is 10.0. The third-order valence-electron chi connectivity index (χ3n) is 2.46. The Morgan fingerprint density at radius 3 is 2.69 bits per heavy atom. The van der Waals surface area contributed by atoms with Crippen LogP contribution in [-0.4, -0.2) is 5.78 Å². The Balaban J connectivity index is 2.69. The van der Waals surface area contributed by atoms with Crippen LogP contribution < -0.4 is 0 Å². The zero-order valence-corrected chi connectivity index (χ0v) is 8.74. The van der Waals surface area contributed by atoms with Gasteiger partial charge in [-0.15, -0.1) is 0 Å². The Kier molecular flexibility index (Phi) is 1.99. The Hall–Kier alpha value is -0.700. The van der Waals surface area contributed by atoms with Gasteiger partial charge in [0.1, 0.15) is 11.6 Å². The molecule has 0 aromatic heterocycles. The van der Waals surface area contributed by atoms with Gasteiger partial charge < -0.3 is 0 Å². The lowest BCUT2D eigenvalue weighted by molar-refractivity contribution is -0.117. The van der Waals surface area contributed by atoms with Gasteiger partial charge in [-0.3, -0.25) is 4.79 Å². The lowest BCUT2D eigenvalue weighted by Crippen LogP contribution is -1.93. The van der Waals surface area contributed by atoms with Crippen molar-refractivity contribution in [3.05, 3.63) is 33.0 Å². The first-order valence-corrected chi connectivity index (χ1v) is 4.87. The molecule has 1 aromatic rings. The minimum Gasteiger partial charge on any atom is -0.299 e. The summed E-state index contributed by atoms with van der Waals surface area (Å²) >= 11 is 3.27. The first-order chi connectivity index (χ1) is 6.09. The Morgan fingerprint density at radius 2 is 2.00 bits per heavy atom. The number of benzene rings is 1. The molecule has 0 fully saturated rings. The molecule has 0 unspecified atom stereocenters. The Labute approximate surface area is 84.1 Å². The van der Waals surface area contributed by atoms with Gasteiger partial charge in [-0.1, -0.05) is 15.9 Å². The molecule has 0 radical (unpaired) electrons. The summed E-state index contributed by atoms with van der Waals surface area (Å²) in [5, 5.41) is 0. The average molecular weight is 243 g/mol. The molecular weight excluding hydrogens is 235 g/mol. The molecule has 0 heterocycles. The van der Waals surface area contributed by atoms with Crippen molar-refractivity contribution in [2.45, 2.75) is 19.8 Å². The highest BCUT2D eigenvalue weighted by Gasteiger charge is 2.24. The van der Waals surface area contributed by atoms with Gasteiger partial charge in [-0.05, 0) is 29.7 Å². The maximum absolute atomic E-state index is 13.3. The fourth-order valence-corrected chi connectivity index (χ4v) is 2.15. The quantitative estimate of drug-likeness (QED) is 0.684. The van der Waals surface area contributed by atoms with Crippen LogP contribution >= 0.6 is 15.9 Å². The molecule has 0 saturated carbocycles. The summed E-state index contributed by atoms with van der Waals surface area (Å²) in [6, 6.07) is 1.44. The second-order valence-corrected chi connectivity index (χ2v) is 4.17. The van der Waals surface area contributed by atoms with Gasteiger partial charge in [0, 0.05) is 17.3 Å². The summed E-state index contributed by atoms with van der Waals surface area (Å²) in [6.45, 7) is 1.90. The number of halogens is 2. The number of Topliss-reactive ketones (excluding diaryl/α,β-unsaturated/α-hetero) is 1. The van der Waals surface area contributed by atoms with Crippen molar-refractivity contribution in [3.8, 4) is 0 Å². The van der Waals surface area contributed by atoms with Gasteiger partial charge in [0.25, 0.3) is 0 Å². The molecule has 1 aliphatic carbocycles. The van der Waals surface area contributed by atoms with Crippen LogP contribution in [-0.2, 0) is 17.6 Å². The normalized spacial score (nSPS) is 14.8. The van der Waals surface area contributed by atoms with Gasteiger partial charge in [-0.25, -0.2) is 4.39 Å². The van der Waals surface area contributed by atoms with Crippen LogP contribution in [0.25, 0.3) is 0 Å². The molecule has 3 heteroatoms. The van der Waals surface area contributed by atoms with Gasteiger partial charge in [0.05, 0.1) is 0 Å². The summed E-state index contributed by atoms with van der Waals surface area (Å²) in [4.78, 5) is 11.1. The molecule has 0 saturated heterocycles. The molecule has 68 valence electrons. The summed E-state index contributed by atoms with van der Waals surface area (Å²) in [5.74, 6) is -0.159. The smallest absolute Gasteiger partial charge is 0.141 e. The number of carbonyl (C=O) groups excluding carboxylic acids is 1. The van der Waals surface area contributed by atoms with Crippen LogP contribution in [0.5, 0.6) is 0 Å². The highest BCUT2D eigenvalue weighted by molar-refractivity contribution is 9.10. The second-order valence-electron chi connectivity index (χ2n) is 3.31. The lowest BCUT2D eigenvalue weighted by Gasteiger charge is -2.06. The maximum Gasteiger partial charge on any atom is 0.141 e. The summed E-state index contributed by atoms with van der Waals surface area (Å²) in [5.41, 5.74) is 2.45. The number of hydrogen-bond donors (Lipinski definition) is 0. The number of fused-ring (bicyclic) bond motifs is 1. The third-order valence-corrected chi connectivity index (χ3v) is 3.29. The van der Waals surface area contributed by atoms with E-state index >= 15 is 0 Å². The van der Waals surface area contributed by atoms with Crippen LogP contribution in [0.4, 0.5) is 4.39 Å². The molecule has 0 N–H and O–H groups in total. The molecule has 0 bridgehead atoms. The summed E-state index contributed by atoms with van der Waals surface area (Å²) in [7, 11) is 0. The largest absolute Gasteiger partial charge is 0.299 e. The van der Waals surface area contributed by atoms with Crippen LogP contribution in [0, 0.1) is 12.7 Å². The van der Waals surface area contributed by atoms with Crippen molar-refractivity contribution in [2.75, 3.05) is 0 Å². The topological polar surface area (TPSA) is 17.1 Å².